The fraction of sp³-hybridized carbons (Fsp3) is 0.267. The number of amides is 1. The van der Waals surface area contributed by atoms with Crippen LogP contribution in [0.2, 0.25) is 0 Å². The zero-order valence-corrected chi connectivity index (χ0v) is 12.0. The average Bonchev–Trinajstić information content (AvgIpc) is 2.98. The molecule has 0 aliphatic rings. The van der Waals surface area contributed by atoms with E-state index in [-0.39, 0.29) is 11.9 Å². The third-order valence-electron chi connectivity index (χ3n) is 3.04. The molecule has 19 heavy (non-hydrogen) atoms. The molecule has 1 aromatic heterocycles. The number of nitrogens with one attached hydrogen (secondary N) is 2. The van der Waals surface area contributed by atoms with Crippen LogP contribution in [0.4, 0.5) is 5.69 Å². The quantitative estimate of drug-likeness (QED) is 0.873. The molecule has 0 spiro atoms. The molecule has 0 bridgehead atoms. The number of hydrogen-bond donors (Lipinski definition) is 2. The van der Waals surface area contributed by atoms with Gasteiger partial charge in [0.2, 0.25) is 0 Å². The fourth-order valence-electron chi connectivity index (χ4n) is 2.00. The second-order valence-electron chi connectivity index (χ2n) is 4.25. The largest absolute Gasteiger partial charge is 0.387 e. The summed E-state index contributed by atoms with van der Waals surface area (Å²) in [7, 11) is 1.82. The summed E-state index contributed by atoms with van der Waals surface area (Å²) in [6, 6.07) is 11.7. The van der Waals surface area contributed by atoms with E-state index in [1.807, 2.05) is 42.8 Å². The number of carbonyl (C=O) groups excluding carboxylic acids is 1. The normalized spacial score (nSPS) is 11.9. The van der Waals surface area contributed by atoms with Crippen LogP contribution in [0.5, 0.6) is 0 Å². The van der Waals surface area contributed by atoms with E-state index >= 15 is 0 Å². The first-order chi connectivity index (χ1) is 9.26. The minimum Gasteiger partial charge on any atom is -0.387 e. The predicted molar refractivity (Wildman–Crippen MR) is 80.8 cm³/mol. The first-order valence-electron chi connectivity index (χ1n) is 6.37. The van der Waals surface area contributed by atoms with Crippen LogP contribution in [0, 0.1) is 0 Å². The molecular formula is C15H18N2OS. The van der Waals surface area contributed by atoms with E-state index in [1.165, 1.54) is 4.88 Å². The molecule has 100 valence electrons. The summed E-state index contributed by atoms with van der Waals surface area (Å²) in [6.07, 6.45) is 0.883. The Balaban J connectivity index is 2.16. The smallest absolute Gasteiger partial charge is 0.253 e. The van der Waals surface area contributed by atoms with E-state index in [4.69, 9.17) is 0 Å². The summed E-state index contributed by atoms with van der Waals surface area (Å²) in [5, 5.41) is 8.17. The van der Waals surface area contributed by atoms with Crippen molar-refractivity contribution in [3.05, 3.63) is 52.2 Å². The maximum absolute atomic E-state index is 12.3. The van der Waals surface area contributed by atoms with Crippen molar-refractivity contribution >= 4 is 22.9 Å². The van der Waals surface area contributed by atoms with Crippen molar-refractivity contribution in [1.82, 2.24) is 5.32 Å². The van der Waals surface area contributed by atoms with Gasteiger partial charge in [-0.15, -0.1) is 11.3 Å². The fourth-order valence-corrected chi connectivity index (χ4v) is 2.86. The Hall–Kier alpha value is -1.81. The Labute approximate surface area is 117 Å². The minimum absolute atomic E-state index is 0.0369. The first-order valence-corrected chi connectivity index (χ1v) is 7.25. The van der Waals surface area contributed by atoms with Crippen molar-refractivity contribution < 1.29 is 4.79 Å². The zero-order chi connectivity index (χ0) is 13.7. The van der Waals surface area contributed by atoms with Crippen LogP contribution in [0.3, 0.4) is 0 Å². The highest BCUT2D eigenvalue weighted by Crippen LogP contribution is 2.23. The summed E-state index contributed by atoms with van der Waals surface area (Å²) in [5.74, 6) is -0.0369. The average molecular weight is 274 g/mol. The van der Waals surface area contributed by atoms with Gasteiger partial charge >= 0.3 is 0 Å². The number of benzene rings is 1. The Morgan fingerprint density at radius 3 is 2.68 bits per heavy atom. The zero-order valence-electron chi connectivity index (χ0n) is 11.1. The van der Waals surface area contributed by atoms with Crippen LogP contribution in [0.1, 0.15) is 34.6 Å². The summed E-state index contributed by atoms with van der Waals surface area (Å²) in [6.45, 7) is 2.08. The van der Waals surface area contributed by atoms with E-state index in [0.717, 1.165) is 12.1 Å². The second kappa shape index (κ2) is 6.38. The van der Waals surface area contributed by atoms with Gasteiger partial charge < -0.3 is 10.6 Å². The van der Waals surface area contributed by atoms with Crippen molar-refractivity contribution in [1.29, 1.82) is 0 Å². The SMILES string of the molecule is CCC(NC(=O)c1ccccc1NC)c1cccs1. The van der Waals surface area contributed by atoms with Crippen LogP contribution in [-0.4, -0.2) is 13.0 Å². The maximum Gasteiger partial charge on any atom is 0.253 e. The van der Waals surface area contributed by atoms with Crippen LogP contribution < -0.4 is 10.6 Å². The number of thiophene rings is 1. The molecule has 0 aliphatic heterocycles. The lowest BCUT2D eigenvalue weighted by atomic mass is 10.1. The van der Waals surface area contributed by atoms with Crippen molar-refractivity contribution in [3.63, 3.8) is 0 Å². The molecule has 0 fully saturated rings. The molecule has 3 nitrogen and oxygen atoms in total. The van der Waals surface area contributed by atoms with Crippen molar-refractivity contribution in [2.24, 2.45) is 0 Å². The number of para-hydroxylation sites is 1. The van der Waals surface area contributed by atoms with Gasteiger partial charge in [-0.25, -0.2) is 0 Å². The lowest BCUT2D eigenvalue weighted by Gasteiger charge is -2.17. The van der Waals surface area contributed by atoms with Gasteiger partial charge in [-0.05, 0) is 30.0 Å². The Kier molecular flexibility index (Phi) is 4.58. The molecule has 4 heteroatoms. The van der Waals surface area contributed by atoms with E-state index in [2.05, 4.69) is 23.6 Å². The van der Waals surface area contributed by atoms with Gasteiger partial charge in [0, 0.05) is 17.6 Å². The highest BCUT2D eigenvalue weighted by atomic mass is 32.1. The minimum atomic E-state index is -0.0369. The maximum atomic E-state index is 12.3. The second-order valence-corrected chi connectivity index (χ2v) is 5.22. The molecular weight excluding hydrogens is 256 g/mol. The Morgan fingerprint density at radius 2 is 2.05 bits per heavy atom. The van der Waals surface area contributed by atoms with Crippen molar-refractivity contribution in [2.75, 3.05) is 12.4 Å². The van der Waals surface area contributed by atoms with E-state index < -0.39 is 0 Å². The third-order valence-corrected chi connectivity index (χ3v) is 4.03. The van der Waals surface area contributed by atoms with E-state index in [9.17, 15) is 4.79 Å². The number of carbonyl (C=O) groups is 1. The van der Waals surface area contributed by atoms with Crippen molar-refractivity contribution in [3.8, 4) is 0 Å². The monoisotopic (exact) mass is 274 g/mol. The van der Waals surface area contributed by atoms with Gasteiger partial charge in [-0.3, -0.25) is 4.79 Å². The van der Waals surface area contributed by atoms with Crippen LogP contribution in [0.15, 0.2) is 41.8 Å². The summed E-state index contributed by atoms with van der Waals surface area (Å²) in [4.78, 5) is 13.5. The molecule has 0 saturated carbocycles. The van der Waals surface area contributed by atoms with E-state index in [1.54, 1.807) is 11.3 Å². The lowest BCUT2D eigenvalue weighted by molar-refractivity contribution is 0.0937. The van der Waals surface area contributed by atoms with Gasteiger partial charge in [-0.1, -0.05) is 25.1 Å². The van der Waals surface area contributed by atoms with Gasteiger partial charge in [0.25, 0.3) is 5.91 Å². The molecule has 0 saturated heterocycles. The standard InChI is InChI=1S/C15H18N2OS/c1-3-12(14-9-6-10-19-14)17-15(18)11-7-4-5-8-13(11)16-2/h4-10,12,16H,3H2,1-2H3,(H,17,18). The molecule has 0 radical (unpaired) electrons. The molecule has 1 atom stereocenters. The predicted octanol–water partition coefficient (Wildman–Crippen LogP) is 3.67. The Morgan fingerprint density at radius 1 is 1.26 bits per heavy atom. The first kappa shape index (κ1) is 13.6. The topological polar surface area (TPSA) is 41.1 Å². The Bertz CT molecular complexity index is 537. The van der Waals surface area contributed by atoms with Crippen LogP contribution in [-0.2, 0) is 0 Å². The van der Waals surface area contributed by atoms with Crippen LogP contribution in [0.25, 0.3) is 0 Å². The molecule has 2 N–H and O–H groups in total. The summed E-state index contributed by atoms with van der Waals surface area (Å²) in [5.41, 5.74) is 1.53. The summed E-state index contributed by atoms with van der Waals surface area (Å²) >= 11 is 1.67. The number of hydrogen-bond acceptors (Lipinski definition) is 3. The highest BCUT2D eigenvalue weighted by Gasteiger charge is 2.16. The van der Waals surface area contributed by atoms with Gasteiger partial charge in [0.1, 0.15) is 0 Å². The highest BCUT2D eigenvalue weighted by molar-refractivity contribution is 7.10. The molecule has 2 rings (SSSR count). The molecule has 1 amide bonds. The van der Waals surface area contributed by atoms with Crippen molar-refractivity contribution in [2.45, 2.75) is 19.4 Å². The third kappa shape index (κ3) is 3.15. The van der Waals surface area contributed by atoms with Gasteiger partial charge in [0.05, 0.1) is 11.6 Å². The molecule has 0 aliphatic carbocycles. The molecule has 1 aromatic carbocycles. The molecule has 1 unspecified atom stereocenters. The number of anilines is 1. The molecule has 2 aromatic rings. The van der Waals surface area contributed by atoms with Crippen LogP contribution >= 0.6 is 11.3 Å². The lowest BCUT2D eigenvalue weighted by Crippen LogP contribution is -2.28. The number of rotatable bonds is 5. The summed E-state index contributed by atoms with van der Waals surface area (Å²) < 4.78 is 0. The molecule has 1 heterocycles. The van der Waals surface area contributed by atoms with Gasteiger partial charge in [-0.2, -0.15) is 0 Å². The van der Waals surface area contributed by atoms with E-state index in [0.29, 0.717) is 5.56 Å². The van der Waals surface area contributed by atoms with Gasteiger partial charge in [0.15, 0.2) is 0 Å².